The van der Waals surface area contributed by atoms with Gasteiger partial charge in [0.15, 0.2) is 0 Å². The number of hydrogen-bond acceptors (Lipinski definition) is 3. The van der Waals surface area contributed by atoms with Crippen LogP contribution in [0.5, 0.6) is 0 Å². The number of aliphatic hydroxyl groups excluding tert-OH is 1. The Hall–Kier alpha value is -0.190. The molecule has 0 aromatic heterocycles. The molecule has 0 aliphatic heterocycles. The van der Waals surface area contributed by atoms with E-state index in [1.54, 1.807) is 0 Å². The van der Waals surface area contributed by atoms with Crippen LogP contribution in [0.1, 0.15) is 0 Å². The highest BCUT2D eigenvalue weighted by Crippen LogP contribution is 1.51. The van der Waals surface area contributed by atoms with E-state index >= 15 is 0 Å². The summed E-state index contributed by atoms with van der Waals surface area (Å²) in [5, 5.41) is 7.86. The van der Waals surface area contributed by atoms with Crippen molar-refractivity contribution in [1.29, 1.82) is 0 Å². The molecule has 40 valence electrons. The summed E-state index contributed by atoms with van der Waals surface area (Å²) in [6.07, 6.45) is 0. The van der Waals surface area contributed by atoms with Gasteiger partial charge in [-0.1, -0.05) is 0 Å². The minimum Gasteiger partial charge on any atom is -0.394 e. The molecule has 3 nitrogen and oxygen atoms in total. The molecule has 0 aromatic rings. The molecule has 0 aliphatic rings. The lowest BCUT2D eigenvalue weighted by Gasteiger charge is -1.83. The molecule has 0 radical (unpaired) electrons. The quantitative estimate of drug-likeness (QED) is 0.435. The van der Waals surface area contributed by atoms with Crippen LogP contribution in [0.4, 0.5) is 4.70 Å². The molecule has 0 bridgehead atoms. The maximum atomic E-state index is 7.86. The van der Waals surface area contributed by atoms with Crippen molar-refractivity contribution in [2.45, 2.75) is 0 Å². The first-order valence-electron chi connectivity index (χ1n) is 1.34. The average molecular weight is 97.1 g/mol. The smallest absolute Gasteiger partial charge is 0.0910 e. The second kappa shape index (κ2) is 8.84. The molecule has 0 aliphatic carbocycles. The van der Waals surface area contributed by atoms with Crippen LogP contribution in [0, 0.1) is 0 Å². The molecule has 0 unspecified atom stereocenters. The summed E-state index contributed by atoms with van der Waals surface area (Å²) in [5.74, 6) is 4.48. The van der Waals surface area contributed by atoms with Gasteiger partial charge in [-0.25, -0.2) is 5.90 Å². The van der Waals surface area contributed by atoms with Crippen LogP contribution in [-0.4, -0.2) is 18.3 Å². The number of hydrogen-bond donors (Lipinski definition) is 2. The summed E-state index contributed by atoms with van der Waals surface area (Å²) in [6, 6.07) is 0. The van der Waals surface area contributed by atoms with E-state index in [2.05, 4.69) is 10.7 Å². The summed E-state index contributed by atoms with van der Waals surface area (Å²) in [5.41, 5.74) is 0. The summed E-state index contributed by atoms with van der Waals surface area (Å²) >= 11 is 0. The van der Waals surface area contributed by atoms with Crippen LogP contribution < -0.4 is 5.90 Å². The van der Waals surface area contributed by atoms with E-state index in [9.17, 15) is 0 Å². The van der Waals surface area contributed by atoms with Gasteiger partial charge in [-0.2, -0.15) is 0 Å². The Morgan fingerprint density at radius 2 is 2.17 bits per heavy atom. The molecular formula is C2H8FNO2. The predicted molar refractivity (Wildman–Crippen MR) is 19.7 cm³/mol. The zero-order chi connectivity index (χ0) is 4.12. The van der Waals surface area contributed by atoms with Gasteiger partial charge >= 0.3 is 0 Å². The Bertz CT molecular complexity index is 19.0. The molecule has 0 aromatic carbocycles. The Kier molecular flexibility index (Phi) is 13.6. The molecule has 0 amide bonds. The summed E-state index contributed by atoms with van der Waals surface area (Å²) in [4.78, 5) is 3.94. The normalized spacial score (nSPS) is 7.00. The van der Waals surface area contributed by atoms with E-state index in [0.717, 1.165) is 0 Å². The average Bonchev–Trinajstić information content (AvgIpc) is 1.41. The fourth-order valence-corrected chi connectivity index (χ4v) is 0.0527. The summed E-state index contributed by atoms with van der Waals surface area (Å²) < 4.78 is 0. The second-order valence-corrected chi connectivity index (χ2v) is 0.594. The van der Waals surface area contributed by atoms with Crippen molar-refractivity contribution in [3.8, 4) is 0 Å². The van der Waals surface area contributed by atoms with Crippen LogP contribution in [0.25, 0.3) is 0 Å². The zero-order valence-electron chi connectivity index (χ0n) is 3.26. The molecule has 0 spiro atoms. The Balaban J connectivity index is 0. The van der Waals surface area contributed by atoms with E-state index in [0.29, 0.717) is 0 Å². The van der Waals surface area contributed by atoms with Crippen molar-refractivity contribution in [3.05, 3.63) is 0 Å². The van der Waals surface area contributed by atoms with E-state index in [4.69, 9.17) is 5.11 Å². The molecule has 0 saturated carbocycles. The topological polar surface area (TPSA) is 55.5 Å². The first kappa shape index (κ1) is 9.26. The van der Waals surface area contributed by atoms with Gasteiger partial charge in [-0.05, 0) is 0 Å². The third kappa shape index (κ3) is 9.18. The van der Waals surface area contributed by atoms with Crippen LogP contribution in [0.3, 0.4) is 0 Å². The maximum Gasteiger partial charge on any atom is 0.0910 e. The minimum atomic E-state index is -0.00347. The van der Waals surface area contributed by atoms with Crippen molar-refractivity contribution >= 4 is 0 Å². The first-order valence-corrected chi connectivity index (χ1v) is 1.34. The van der Waals surface area contributed by atoms with Crippen molar-refractivity contribution in [2.75, 3.05) is 13.2 Å². The summed E-state index contributed by atoms with van der Waals surface area (Å²) in [7, 11) is 0. The third-order valence-corrected chi connectivity index (χ3v) is 0.209. The van der Waals surface area contributed by atoms with Crippen molar-refractivity contribution in [2.24, 2.45) is 5.90 Å². The van der Waals surface area contributed by atoms with E-state index in [-0.39, 0.29) is 17.9 Å². The minimum absolute atomic E-state index is 0. The maximum absolute atomic E-state index is 7.86. The van der Waals surface area contributed by atoms with Crippen LogP contribution in [-0.2, 0) is 4.84 Å². The number of nitrogens with two attached hydrogens (primary N) is 1. The fraction of sp³-hybridized carbons (Fsp3) is 1.00. The van der Waals surface area contributed by atoms with Gasteiger partial charge in [0.05, 0.1) is 13.2 Å². The lowest BCUT2D eigenvalue weighted by molar-refractivity contribution is 0.0938. The standard InChI is InChI=1S/C2H7NO2.FH/c3-5-2-1-4;/h4H,1-3H2;1H. The van der Waals surface area contributed by atoms with Gasteiger partial charge in [0.1, 0.15) is 0 Å². The lowest BCUT2D eigenvalue weighted by Crippen LogP contribution is -2.03. The SMILES string of the molecule is F.NOCCO. The van der Waals surface area contributed by atoms with Gasteiger partial charge in [0, 0.05) is 0 Å². The molecule has 0 heterocycles. The van der Waals surface area contributed by atoms with Gasteiger partial charge in [0.25, 0.3) is 0 Å². The molecular weight excluding hydrogens is 89.0 g/mol. The van der Waals surface area contributed by atoms with Crippen LogP contribution in [0.2, 0.25) is 0 Å². The zero-order valence-corrected chi connectivity index (χ0v) is 3.26. The van der Waals surface area contributed by atoms with E-state index < -0.39 is 0 Å². The predicted octanol–water partition coefficient (Wildman–Crippen LogP) is -0.978. The number of rotatable bonds is 2. The summed E-state index contributed by atoms with van der Waals surface area (Å²) in [6.45, 7) is 0.219. The van der Waals surface area contributed by atoms with E-state index in [1.165, 1.54) is 0 Å². The van der Waals surface area contributed by atoms with Crippen molar-refractivity contribution in [3.63, 3.8) is 0 Å². The first-order chi connectivity index (χ1) is 2.41. The van der Waals surface area contributed by atoms with Gasteiger partial charge in [0.2, 0.25) is 0 Å². The second-order valence-electron chi connectivity index (χ2n) is 0.594. The highest BCUT2D eigenvalue weighted by Gasteiger charge is 1.68. The van der Waals surface area contributed by atoms with Crippen molar-refractivity contribution < 1.29 is 14.6 Å². The Labute approximate surface area is 35.0 Å². The Morgan fingerprint density at radius 1 is 1.67 bits per heavy atom. The monoisotopic (exact) mass is 97.1 g/mol. The third-order valence-electron chi connectivity index (χ3n) is 0.209. The molecule has 4 heteroatoms. The van der Waals surface area contributed by atoms with E-state index in [1.807, 2.05) is 0 Å². The largest absolute Gasteiger partial charge is 0.394 e. The molecule has 6 heavy (non-hydrogen) atoms. The lowest BCUT2D eigenvalue weighted by atomic mass is 10.8. The molecule has 0 fully saturated rings. The number of halogens is 1. The van der Waals surface area contributed by atoms with Crippen LogP contribution >= 0.6 is 0 Å². The highest BCUT2D eigenvalue weighted by molar-refractivity contribution is 4.11. The van der Waals surface area contributed by atoms with Gasteiger partial charge in [-0.3, -0.25) is 4.70 Å². The van der Waals surface area contributed by atoms with Crippen LogP contribution in [0.15, 0.2) is 0 Å². The van der Waals surface area contributed by atoms with Crippen molar-refractivity contribution in [1.82, 2.24) is 0 Å². The fourth-order valence-electron chi connectivity index (χ4n) is 0.0527. The molecule has 0 saturated heterocycles. The van der Waals surface area contributed by atoms with Gasteiger partial charge in [-0.15, -0.1) is 0 Å². The highest BCUT2D eigenvalue weighted by atomic mass is 19.0. The molecule has 0 atom stereocenters. The van der Waals surface area contributed by atoms with Gasteiger partial charge < -0.3 is 9.94 Å². The number of aliphatic hydroxyl groups is 1. The molecule has 3 N–H and O–H groups in total. The molecule has 0 rings (SSSR count). The Morgan fingerprint density at radius 3 is 2.17 bits per heavy atom.